The van der Waals surface area contributed by atoms with Crippen molar-refractivity contribution in [2.45, 2.75) is 45.4 Å². The number of nitrogens with two attached hydrogens (primary N) is 1. The summed E-state index contributed by atoms with van der Waals surface area (Å²) >= 11 is 0. The van der Waals surface area contributed by atoms with Crippen LogP contribution < -0.4 is 16.4 Å². The molecule has 0 aliphatic carbocycles. The molecule has 1 heterocycles. The normalized spacial score (nSPS) is 23.9. The number of carbonyl (C=O) groups is 2. The average Bonchev–Trinajstić information content (AvgIpc) is 2.35. The van der Waals surface area contributed by atoms with Crippen LogP contribution in [0.3, 0.4) is 0 Å². The van der Waals surface area contributed by atoms with Crippen LogP contribution in [0.15, 0.2) is 0 Å². The Balaban J connectivity index is 2.63. The molecule has 0 aromatic heterocycles. The minimum absolute atomic E-state index is 0.0986. The Morgan fingerprint density at radius 2 is 2.15 bits per heavy atom. The number of nitrogens with zero attached hydrogens (tertiary/aromatic N) is 1. The van der Waals surface area contributed by atoms with Gasteiger partial charge in [0.2, 0.25) is 5.91 Å². The molecular weight excluding hydrogens is 260 g/mol. The number of hydrogen-bond acceptors (Lipinski definition) is 5. The highest BCUT2D eigenvalue weighted by atomic mass is 16.5. The van der Waals surface area contributed by atoms with Crippen molar-refractivity contribution in [3.05, 3.63) is 0 Å². The van der Waals surface area contributed by atoms with E-state index in [4.69, 9.17) is 10.5 Å². The third kappa shape index (κ3) is 4.73. The number of hydrogen-bond donors (Lipinski definition) is 3. The molecule has 0 aromatic carbocycles. The maximum atomic E-state index is 12.0. The van der Waals surface area contributed by atoms with Gasteiger partial charge in [0.1, 0.15) is 0 Å². The van der Waals surface area contributed by atoms with Crippen LogP contribution in [0.1, 0.15) is 27.7 Å². The first-order chi connectivity index (χ1) is 9.29. The standard InChI is InChI=1S/C13H26N4O3/c1-5-15-12(19)16-11(18)9(2)17-7-10(6-14)20-13(3,4)8-17/h9-10H,5-8,14H2,1-4H3,(H2,15,16,18,19). The van der Waals surface area contributed by atoms with Crippen molar-refractivity contribution in [1.29, 1.82) is 0 Å². The zero-order valence-electron chi connectivity index (χ0n) is 12.7. The summed E-state index contributed by atoms with van der Waals surface area (Å²) < 4.78 is 5.83. The van der Waals surface area contributed by atoms with Crippen LogP contribution in [0.25, 0.3) is 0 Å². The van der Waals surface area contributed by atoms with Gasteiger partial charge in [-0.05, 0) is 27.7 Å². The predicted molar refractivity (Wildman–Crippen MR) is 76.3 cm³/mol. The van der Waals surface area contributed by atoms with Crippen molar-refractivity contribution in [1.82, 2.24) is 15.5 Å². The van der Waals surface area contributed by atoms with E-state index >= 15 is 0 Å². The van der Waals surface area contributed by atoms with Gasteiger partial charge >= 0.3 is 6.03 Å². The summed E-state index contributed by atoms with van der Waals surface area (Å²) in [5.41, 5.74) is 5.31. The fourth-order valence-corrected chi connectivity index (χ4v) is 2.35. The van der Waals surface area contributed by atoms with Gasteiger partial charge in [0.15, 0.2) is 0 Å². The van der Waals surface area contributed by atoms with Gasteiger partial charge in [-0.15, -0.1) is 0 Å². The molecule has 0 bridgehead atoms. The summed E-state index contributed by atoms with van der Waals surface area (Å²) in [6.45, 7) is 9.61. The SMILES string of the molecule is CCNC(=O)NC(=O)C(C)N1CC(CN)OC(C)(C)C1. The van der Waals surface area contributed by atoms with E-state index < -0.39 is 12.1 Å². The fraction of sp³-hybridized carbons (Fsp3) is 0.846. The summed E-state index contributed by atoms with van der Waals surface area (Å²) in [5.74, 6) is -0.315. The lowest BCUT2D eigenvalue weighted by Gasteiger charge is -2.44. The molecule has 1 saturated heterocycles. The van der Waals surface area contributed by atoms with E-state index in [-0.39, 0.29) is 17.6 Å². The molecular formula is C13H26N4O3. The third-order valence-electron chi connectivity index (χ3n) is 3.27. The zero-order chi connectivity index (χ0) is 15.3. The van der Waals surface area contributed by atoms with E-state index in [9.17, 15) is 9.59 Å². The van der Waals surface area contributed by atoms with Gasteiger partial charge < -0.3 is 15.8 Å². The summed E-state index contributed by atoms with van der Waals surface area (Å²) in [7, 11) is 0. The quantitative estimate of drug-likeness (QED) is 0.657. The second kappa shape index (κ2) is 7.01. The highest BCUT2D eigenvalue weighted by molar-refractivity contribution is 5.96. The van der Waals surface area contributed by atoms with Crippen molar-refractivity contribution in [3.63, 3.8) is 0 Å². The first kappa shape index (κ1) is 16.9. The number of imide groups is 1. The molecule has 4 N–H and O–H groups in total. The highest BCUT2D eigenvalue weighted by Crippen LogP contribution is 2.22. The van der Waals surface area contributed by atoms with Crippen molar-refractivity contribution in [2.24, 2.45) is 5.73 Å². The first-order valence-electron chi connectivity index (χ1n) is 6.99. The van der Waals surface area contributed by atoms with E-state index in [0.717, 1.165) is 0 Å². The smallest absolute Gasteiger partial charge is 0.321 e. The Bertz CT molecular complexity index is 360. The van der Waals surface area contributed by atoms with Crippen LogP contribution >= 0.6 is 0 Å². The first-order valence-corrected chi connectivity index (χ1v) is 6.99. The van der Waals surface area contributed by atoms with Crippen molar-refractivity contribution in [3.8, 4) is 0 Å². The number of ether oxygens (including phenoxy) is 1. The number of rotatable bonds is 4. The Morgan fingerprint density at radius 3 is 2.70 bits per heavy atom. The molecule has 1 aliphatic heterocycles. The van der Waals surface area contributed by atoms with E-state index in [2.05, 4.69) is 10.6 Å². The topological polar surface area (TPSA) is 96.7 Å². The summed E-state index contributed by atoms with van der Waals surface area (Å²) in [5, 5.41) is 4.87. The van der Waals surface area contributed by atoms with Gasteiger partial charge in [0.25, 0.3) is 0 Å². The summed E-state index contributed by atoms with van der Waals surface area (Å²) in [4.78, 5) is 25.4. The van der Waals surface area contributed by atoms with Gasteiger partial charge in [0, 0.05) is 26.2 Å². The maximum Gasteiger partial charge on any atom is 0.321 e. The van der Waals surface area contributed by atoms with E-state index in [1.54, 1.807) is 13.8 Å². The Labute approximate surface area is 120 Å². The lowest BCUT2D eigenvalue weighted by Crippen LogP contribution is -2.60. The Kier molecular flexibility index (Phi) is 5.91. The molecule has 7 nitrogen and oxygen atoms in total. The second-order valence-corrected chi connectivity index (χ2v) is 5.69. The lowest BCUT2D eigenvalue weighted by molar-refractivity contribution is -0.149. The molecule has 7 heteroatoms. The second-order valence-electron chi connectivity index (χ2n) is 5.69. The number of carbonyl (C=O) groups excluding carboxylic acids is 2. The lowest BCUT2D eigenvalue weighted by atomic mass is 10.0. The molecule has 2 atom stereocenters. The van der Waals surface area contributed by atoms with Crippen LogP contribution in [0.5, 0.6) is 0 Å². The van der Waals surface area contributed by atoms with Gasteiger partial charge in [-0.25, -0.2) is 4.79 Å². The van der Waals surface area contributed by atoms with Crippen LogP contribution in [-0.4, -0.2) is 60.8 Å². The fourth-order valence-electron chi connectivity index (χ4n) is 2.35. The molecule has 1 fully saturated rings. The van der Waals surface area contributed by atoms with Crippen molar-refractivity contribution in [2.75, 3.05) is 26.2 Å². The highest BCUT2D eigenvalue weighted by Gasteiger charge is 2.36. The molecule has 20 heavy (non-hydrogen) atoms. The van der Waals surface area contributed by atoms with Crippen LogP contribution in [0.2, 0.25) is 0 Å². The van der Waals surface area contributed by atoms with Crippen LogP contribution in [0.4, 0.5) is 4.79 Å². The molecule has 1 aliphatic rings. The summed E-state index contributed by atoms with van der Waals surface area (Å²) in [6.07, 6.45) is -0.0986. The van der Waals surface area contributed by atoms with E-state index in [1.165, 1.54) is 0 Å². The number of urea groups is 1. The van der Waals surface area contributed by atoms with Crippen LogP contribution in [-0.2, 0) is 9.53 Å². The van der Waals surface area contributed by atoms with Crippen molar-refractivity contribution >= 4 is 11.9 Å². The summed E-state index contributed by atoms with van der Waals surface area (Å²) in [6, 6.07) is -0.873. The van der Waals surface area contributed by atoms with Gasteiger partial charge in [-0.1, -0.05) is 0 Å². The average molecular weight is 286 g/mol. The molecule has 0 radical (unpaired) electrons. The minimum Gasteiger partial charge on any atom is -0.368 e. The third-order valence-corrected chi connectivity index (χ3v) is 3.27. The van der Waals surface area contributed by atoms with Gasteiger partial charge in [-0.2, -0.15) is 0 Å². The van der Waals surface area contributed by atoms with Crippen molar-refractivity contribution < 1.29 is 14.3 Å². The van der Waals surface area contributed by atoms with E-state index in [1.807, 2.05) is 18.7 Å². The largest absolute Gasteiger partial charge is 0.368 e. The molecule has 2 unspecified atom stereocenters. The molecule has 3 amide bonds. The molecule has 0 spiro atoms. The molecule has 116 valence electrons. The minimum atomic E-state index is -0.466. The number of morpholine rings is 1. The monoisotopic (exact) mass is 286 g/mol. The predicted octanol–water partition coefficient (Wildman–Crippen LogP) is -0.341. The Hall–Kier alpha value is -1.18. The molecule has 0 saturated carbocycles. The van der Waals surface area contributed by atoms with Crippen LogP contribution in [0, 0.1) is 0 Å². The van der Waals surface area contributed by atoms with Gasteiger partial charge in [0.05, 0.1) is 17.7 Å². The Morgan fingerprint density at radius 1 is 1.50 bits per heavy atom. The van der Waals surface area contributed by atoms with Gasteiger partial charge in [-0.3, -0.25) is 15.0 Å². The number of nitrogens with one attached hydrogen (secondary N) is 2. The van der Waals surface area contributed by atoms with E-state index in [0.29, 0.717) is 26.2 Å². The maximum absolute atomic E-state index is 12.0. The number of amides is 3. The zero-order valence-corrected chi connectivity index (χ0v) is 12.7. The molecule has 0 aromatic rings. The molecule has 1 rings (SSSR count).